The number of likely N-dealkylation sites (tertiary alicyclic amines) is 1. The topological polar surface area (TPSA) is 74.5 Å². The Kier molecular flexibility index (Phi) is 7.80. The maximum atomic E-state index is 12.4. The zero-order chi connectivity index (χ0) is 22.4. The van der Waals surface area contributed by atoms with Gasteiger partial charge in [0.15, 0.2) is 10.9 Å². The SMILES string of the molecule is CCNC(=NCc1cn2ccsc2n1)N1CCC(CN(CC)C(=O)OC(C)(C)C)CC1. The second-order valence-electron chi connectivity index (χ2n) is 8.94. The molecule has 0 spiro atoms. The molecule has 1 aliphatic rings. The molecule has 3 rings (SSSR count). The number of carbonyl (C=O) groups excluding carboxylic acids is 1. The molecule has 1 N–H and O–H groups in total. The van der Waals surface area contributed by atoms with Crippen molar-refractivity contribution >= 4 is 28.4 Å². The molecule has 2 aromatic heterocycles. The van der Waals surface area contributed by atoms with Crippen LogP contribution in [0.3, 0.4) is 0 Å². The molecule has 0 radical (unpaired) electrons. The number of aliphatic imine (C=N–C) groups is 1. The van der Waals surface area contributed by atoms with Gasteiger partial charge in [-0.05, 0) is 53.4 Å². The number of amides is 1. The van der Waals surface area contributed by atoms with Crippen LogP contribution in [0.1, 0.15) is 53.2 Å². The summed E-state index contributed by atoms with van der Waals surface area (Å²) < 4.78 is 7.59. The van der Waals surface area contributed by atoms with E-state index in [1.807, 2.05) is 54.8 Å². The minimum Gasteiger partial charge on any atom is -0.444 e. The van der Waals surface area contributed by atoms with Crippen LogP contribution in [0.2, 0.25) is 0 Å². The highest BCUT2D eigenvalue weighted by Gasteiger charge is 2.27. The zero-order valence-corrected chi connectivity index (χ0v) is 20.2. The first-order valence-electron chi connectivity index (χ1n) is 11.2. The van der Waals surface area contributed by atoms with E-state index in [1.54, 1.807) is 11.3 Å². The van der Waals surface area contributed by atoms with E-state index in [2.05, 4.69) is 22.1 Å². The minimum atomic E-state index is -0.463. The molecule has 0 unspecified atom stereocenters. The second-order valence-corrected chi connectivity index (χ2v) is 9.82. The Hall–Kier alpha value is -2.29. The van der Waals surface area contributed by atoms with E-state index < -0.39 is 5.60 Å². The smallest absolute Gasteiger partial charge is 0.410 e. The third kappa shape index (κ3) is 6.59. The molecule has 1 amide bonds. The van der Waals surface area contributed by atoms with E-state index in [9.17, 15) is 4.79 Å². The van der Waals surface area contributed by atoms with Gasteiger partial charge in [-0.15, -0.1) is 11.3 Å². The maximum absolute atomic E-state index is 12.4. The summed E-state index contributed by atoms with van der Waals surface area (Å²) in [6, 6.07) is 0. The van der Waals surface area contributed by atoms with Crippen LogP contribution in [0.5, 0.6) is 0 Å². The standard InChI is InChI=1S/C22H36N6O2S/c1-6-23-19(24-14-18-16-28-12-13-31-20(28)25-18)27-10-8-17(9-11-27)15-26(7-2)21(29)30-22(3,4)5/h12-13,16-17H,6-11,14-15H2,1-5H3,(H,23,24). The van der Waals surface area contributed by atoms with Crippen molar-refractivity contribution in [2.75, 3.05) is 32.7 Å². The van der Waals surface area contributed by atoms with Crippen molar-refractivity contribution in [3.63, 3.8) is 0 Å². The van der Waals surface area contributed by atoms with E-state index in [4.69, 9.17) is 9.73 Å². The summed E-state index contributed by atoms with van der Waals surface area (Å²) in [5, 5.41) is 5.45. The molecule has 3 heterocycles. The van der Waals surface area contributed by atoms with E-state index in [-0.39, 0.29) is 6.09 Å². The molecule has 172 valence electrons. The molecule has 0 bridgehead atoms. The van der Waals surface area contributed by atoms with Crippen LogP contribution < -0.4 is 5.32 Å². The number of nitrogens with one attached hydrogen (secondary N) is 1. The maximum Gasteiger partial charge on any atom is 0.410 e. The number of guanidine groups is 1. The van der Waals surface area contributed by atoms with Crippen molar-refractivity contribution in [1.82, 2.24) is 24.5 Å². The first-order valence-corrected chi connectivity index (χ1v) is 12.1. The summed E-state index contributed by atoms with van der Waals surface area (Å²) in [5.74, 6) is 1.42. The molecule has 2 aromatic rings. The summed E-state index contributed by atoms with van der Waals surface area (Å²) in [6.07, 6.45) is 5.91. The van der Waals surface area contributed by atoms with Crippen LogP contribution >= 0.6 is 11.3 Å². The van der Waals surface area contributed by atoms with Crippen molar-refractivity contribution in [3.8, 4) is 0 Å². The Morgan fingerprint density at radius 2 is 2.10 bits per heavy atom. The van der Waals surface area contributed by atoms with Gasteiger partial charge in [0, 0.05) is 50.5 Å². The van der Waals surface area contributed by atoms with Gasteiger partial charge < -0.3 is 19.9 Å². The van der Waals surface area contributed by atoms with E-state index in [1.165, 1.54) is 0 Å². The molecule has 0 aromatic carbocycles. The van der Waals surface area contributed by atoms with E-state index in [0.29, 0.717) is 19.0 Å². The van der Waals surface area contributed by atoms with Crippen molar-refractivity contribution < 1.29 is 9.53 Å². The van der Waals surface area contributed by atoms with Gasteiger partial charge in [0.25, 0.3) is 0 Å². The molecular formula is C22H36N6O2S. The van der Waals surface area contributed by atoms with E-state index >= 15 is 0 Å². The average molecular weight is 449 g/mol. The fourth-order valence-corrected chi connectivity index (χ4v) is 4.45. The normalized spacial score (nSPS) is 16.0. The number of hydrogen-bond donors (Lipinski definition) is 1. The highest BCUT2D eigenvalue weighted by atomic mass is 32.1. The number of aromatic nitrogens is 2. The molecular weight excluding hydrogens is 412 g/mol. The number of piperidine rings is 1. The monoisotopic (exact) mass is 448 g/mol. The van der Waals surface area contributed by atoms with Crippen molar-refractivity contribution in [1.29, 1.82) is 0 Å². The molecule has 1 aliphatic heterocycles. The Balaban J connectivity index is 1.54. The second kappa shape index (κ2) is 10.3. The van der Waals surface area contributed by atoms with Crippen molar-refractivity contribution in [2.45, 2.75) is 59.6 Å². The van der Waals surface area contributed by atoms with Gasteiger partial charge in [-0.1, -0.05) is 0 Å². The fraction of sp³-hybridized carbons (Fsp3) is 0.682. The Morgan fingerprint density at radius 3 is 2.71 bits per heavy atom. The third-order valence-corrected chi connectivity index (χ3v) is 6.07. The number of rotatable bonds is 6. The lowest BCUT2D eigenvalue weighted by Crippen LogP contribution is -2.47. The van der Waals surface area contributed by atoms with Gasteiger partial charge in [-0.25, -0.2) is 14.8 Å². The lowest BCUT2D eigenvalue weighted by molar-refractivity contribution is 0.0214. The quantitative estimate of drug-likeness (QED) is 0.537. The summed E-state index contributed by atoms with van der Waals surface area (Å²) in [5.41, 5.74) is 0.517. The predicted molar refractivity (Wildman–Crippen MR) is 126 cm³/mol. The van der Waals surface area contributed by atoms with Gasteiger partial charge >= 0.3 is 6.09 Å². The third-order valence-electron chi connectivity index (χ3n) is 5.29. The molecule has 31 heavy (non-hydrogen) atoms. The molecule has 8 nitrogen and oxygen atoms in total. The number of fused-ring (bicyclic) bond motifs is 1. The number of nitrogens with zero attached hydrogens (tertiary/aromatic N) is 5. The zero-order valence-electron chi connectivity index (χ0n) is 19.4. The fourth-order valence-electron chi connectivity index (χ4n) is 3.73. The lowest BCUT2D eigenvalue weighted by Gasteiger charge is -2.36. The molecule has 0 saturated carbocycles. The summed E-state index contributed by atoms with van der Waals surface area (Å²) >= 11 is 1.63. The van der Waals surface area contributed by atoms with Crippen LogP contribution in [0, 0.1) is 5.92 Å². The van der Waals surface area contributed by atoms with Crippen LogP contribution in [0.15, 0.2) is 22.8 Å². The number of hydrogen-bond acceptors (Lipinski definition) is 5. The number of carbonyl (C=O) groups is 1. The Morgan fingerprint density at radius 1 is 1.35 bits per heavy atom. The number of ether oxygens (including phenoxy) is 1. The summed E-state index contributed by atoms with van der Waals surface area (Å²) in [6.45, 7) is 14.5. The van der Waals surface area contributed by atoms with Crippen molar-refractivity contribution in [3.05, 3.63) is 23.5 Å². The Bertz CT molecular complexity index is 848. The molecule has 1 saturated heterocycles. The first kappa shape index (κ1) is 23.4. The minimum absolute atomic E-state index is 0.215. The van der Waals surface area contributed by atoms with E-state index in [0.717, 1.165) is 55.6 Å². The highest BCUT2D eigenvalue weighted by Crippen LogP contribution is 2.20. The van der Waals surface area contributed by atoms with Crippen LogP contribution in [-0.4, -0.2) is 69.6 Å². The number of thiazole rings is 1. The van der Waals surface area contributed by atoms with Crippen LogP contribution in [0.25, 0.3) is 4.96 Å². The van der Waals surface area contributed by atoms with Gasteiger partial charge in [0.05, 0.1) is 12.2 Å². The largest absolute Gasteiger partial charge is 0.444 e. The highest BCUT2D eigenvalue weighted by molar-refractivity contribution is 7.15. The molecule has 0 atom stereocenters. The van der Waals surface area contributed by atoms with Crippen molar-refractivity contribution in [2.24, 2.45) is 10.9 Å². The molecule has 0 aliphatic carbocycles. The van der Waals surface area contributed by atoms with Gasteiger partial charge in [0.1, 0.15) is 5.60 Å². The van der Waals surface area contributed by atoms with Crippen LogP contribution in [0.4, 0.5) is 4.79 Å². The summed E-state index contributed by atoms with van der Waals surface area (Å²) in [7, 11) is 0. The Labute approximate surface area is 189 Å². The first-order chi connectivity index (χ1) is 14.8. The van der Waals surface area contributed by atoms with Gasteiger partial charge in [-0.2, -0.15) is 0 Å². The van der Waals surface area contributed by atoms with Crippen LogP contribution in [-0.2, 0) is 11.3 Å². The number of imidazole rings is 1. The average Bonchev–Trinajstić information content (AvgIpc) is 3.30. The molecule has 9 heteroatoms. The molecule has 1 fully saturated rings. The predicted octanol–water partition coefficient (Wildman–Crippen LogP) is 3.83. The summed E-state index contributed by atoms with van der Waals surface area (Å²) in [4.78, 5) is 27.0. The lowest BCUT2D eigenvalue weighted by atomic mass is 9.96. The van der Waals surface area contributed by atoms with Gasteiger partial charge in [0.2, 0.25) is 0 Å². The van der Waals surface area contributed by atoms with Gasteiger partial charge in [-0.3, -0.25) is 4.40 Å².